The van der Waals surface area contributed by atoms with E-state index in [1.165, 1.54) is 42.6 Å². The van der Waals surface area contributed by atoms with Gasteiger partial charge in [-0.05, 0) is 52.2 Å². The predicted molar refractivity (Wildman–Crippen MR) is 139 cm³/mol. The molecule has 0 unspecified atom stereocenters. The second-order valence-corrected chi connectivity index (χ2v) is 8.73. The molecule has 0 aliphatic rings. The molecule has 0 bridgehead atoms. The maximum atomic E-state index is 13.2. The highest BCUT2D eigenvalue weighted by Crippen LogP contribution is 2.24. The third-order valence-electron chi connectivity index (χ3n) is 5.47. The Morgan fingerprint density at radius 3 is 2.42 bits per heavy atom. The van der Waals surface area contributed by atoms with Gasteiger partial charge < -0.3 is 10.4 Å². The van der Waals surface area contributed by atoms with Gasteiger partial charge in [-0.1, -0.05) is 65.7 Å². The van der Waals surface area contributed by atoms with E-state index in [0.29, 0.717) is 5.56 Å². The number of phenolic OH excluding ortho intramolecular Hbond substituents is 1. The molecular formula is C27H20Cl2FN3O3. The Morgan fingerprint density at radius 2 is 1.67 bits per heavy atom. The Bertz CT molecular complexity index is 1490. The summed E-state index contributed by atoms with van der Waals surface area (Å²) in [7, 11) is 0. The van der Waals surface area contributed by atoms with Crippen LogP contribution in [-0.2, 0) is 17.8 Å². The number of aromatic hydroxyl groups is 1. The fraction of sp³-hybridized carbons (Fsp3) is 0.0741. The maximum Gasteiger partial charge on any atom is 0.271 e. The number of phenols is 1. The molecule has 3 N–H and O–H groups in total. The van der Waals surface area contributed by atoms with E-state index in [-0.39, 0.29) is 40.2 Å². The van der Waals surface area contributed by atoms with Crippen LogP contribution in [-0.4, -0.2) is 23.1 Å². The molecule has 0 atom stereocenters. The molecule has 9 heteroatoms. The standard InChI is InChI=1S/C27H20Cl2FN3O3/c28-23-13-20(30)9-7-19(23)14-31-26(35)12-16-5-6-18(22-4-2-1-3-21(16)22)15-32-33-27(36)17-8-10-25(34)24(29)11-17/h1-11,13,15,34H,12,14H2,(H,31,35)(H,33,36)/b32-15+. The number of amides is 2. The second-order valence-electron chi connectivity index (χ2n) is 7.91. The third kappa shape index (κ3) is 6.00. The molecule has 4 aromatic carbocycles. The van der Waals surface area contributed by atoms with Crippen LogP contribution in [0.15, 0.2) is 77.9 Å². The first-order chi connectivity index (χ1) is 17.3. The lowest BCUT2D eigenvalue weighted by Crippen LogP contribution is -2.24. The van der Waals surface area contributed by atoms with Crippen molar-refractivity contribution in [3.8, 4) is 5.75 Å². The normalized spacial score (nSPS) is 11.1. The van der Waals surface area contributed by atoms with Crippen LogP contribution >= 0.6 is 23.2 Å². The van der Waals surface area contributed by atoms with Crippen LogP contribution in [0.3, 0.4) is 0 Å². The summed E-state index contributed by atoms with van der Waals surface area (Å²) in [5, 5.41) is 18.4. The fourth-order valence-corrected chi connectivity index (χ4v) is 4.03. The van der Waals surface area contributed by atoms with E-state index in [1.807, 2.05) is 36.4 Å². The van der Waals surface area contributed by atoms with Crippen LogP contribution in [0.5, 0.6) is 5.75 Å². The molecule has 0 aliphatic heterocycles. The van der Waals surface area contributed by atoms with Crippen molar-refractivity contribution in [3.05, 3.63) is 111 Å². The van der Waals surface area contributed by atoms with Crippen molar-refractivity contribution in [1.29, 1.82) is 0 Å². The van der Waals surface area contributed by atoms with Crippen LogP contribution in [0.4, 0.5) is 4.39 Å². The smallest absolute Gasteiger partial charge is 0.271 e. The summed E-state index contributed by atoms with van der Waals surface area (Å²) in [5.74, 6) is -1.24. The van der Waals surface area contributed by atoms with Crippen molar-refractivity contribution in [1.82, 2.24) is 10.7 Å². The van der Waals surface area contributed by atoms with Crippen LogP contribution in [0.2, 0.25) is 10.0 Å². The van der Waals surface area contributed by atoms with Crippen molar-refractivity contribution >= 4 is 52.0 Å². The van der Waals surface area contributed by atoms with Gasteiger partial charge in [-0.15, -0.1) is 0 Å². The van der Waals surface area contributed by atoms with E-state index in [2.05, 4.69) is 15.8 Å². The first-order valence-corrected chi connectivity index (χ1v) is 11.6. The van der Waals surface area contributed by atoms with E-state index in [9.17, 15) is 19.1 Å². The summed E-state index contributed by atoms with van der Waals surface area (Å²) in [4.78, 5) is 24.9. The van der Waals surface area contributed by atoms with Crippen LogP contribution in [0.1, 0.15) is 27.0 Å². The Morgan fingerprint density at radius 1 is 0.917 bits per heavy atom. The molecular weight excluding hydrogens is 504 g/mol. The minimum absolute atomic E-state index is 0.0676. The number of nitrogens with zero attached hydrogens (tertiary/aromatic N) is 1. The van der Waals surface area contributed by atoms with Crippen molar-refractivity contribution < 1.29 is 19.1 Å². The summed E-state index contributed by atoms with van der Waals surface area (Å²) in [6.45, 7) is 0.187. The Labute approximate surface area is 216 Å². The lowest BCUT2D eigenvalue weighted by Gasteiger charge is -2.11. The summed E-state index contributed by atoms with van der Waals surface area (Å²) in [6, 6.07) is 19.4. The number of carbonyl (C=O) groups is 2. The minimum Gasteiger partial charge on any atom is -0.506 e. The fourth-order valence-electron chi connectivity index (χ4n) is 3.62. The molecule has 0 fully saturated rings. The zero-order chi connectivity index (χ0) is 25.7. The lowest BCUT2D eigenvalue weighted by molar-refractivity contribution is -0.120. The largest absolute Gasteiger partial charge is 0.506 e. The first-order valence-electron chi connectivity index (χ1n) is 10.8. The maximum absolute atomic E-state index is 13.2. The van der Waals surface area contributed by atoms with E-state index >= 15 is 0 Å². The number of carbonyl (C=O) groups excluding carboxylic acids is 2. The molecule has 6 nitrogen and oxygen atoms in total. The predicted octanol–water partition coefficient (Wildman–Crippen LogP) is 5.61. The minimum atomic E-state index is -0.480. The average molecular weight is 524 g/mol. The number of hydrogen-bond acceptors (Lipinski definition) is 4. The van der Waals surface area contributed by atoms with Gasteiger partial charge in [0, 0.05) is 22.7 Å². The Hall–Kier alpha value is -3.94. The van der Waals surface area contributed by atoms with Gasteiger partial charge in [-0.3, -0.25) is 9.59 Å². The second kappa shape index (κ2) is 11.2. The van der Waals surface area contributed by atoms with Crippen LogP contribution in [0, 0.1) is 5.82 Å². The topological polar surface area (TPSA) is 90.8 Å². The molecule has 0 saturated heterocycles. The zero-order valence-corrected chi connectivity index (χ0v) is 20.3. The van der Waals surface area contributed by atoms with Gasteiger partial charge in [-0.2, -0.15) is 5.10 Å². The van der Waals surface area contributed by atoms with Crippen molar-refractivity contribution in [2.45, 2.75) is 13.0 Å². The van der Waals surface area contributed by atoms with Gasteiger partial charge in [0.2, 0.25) is 5.91 Å². The Balaban J connectivity index is 1.45. The molecule has 0 aromatic heterocycles. The van der Waals surface area contributed by atoms with Gasteiger partial charge in [0.25, 0.3) is 5.91 Å². The van der Waals surface area contributed by atoms with Crippen LogP contribution < -0.4 is 10.7 Å². The average Bonchev–Trinajstić information content (AvgIpc) is 2.86. The van der Waals surface area contributed by atoms with Gasteiger partial charge in [0.15, 0.2) is 0 Å². The molecule has 36 heavy (non-hydrogen) atoms. The van der Waals surface area contributed by atoms with E-state index < -0.39 is 11.7 Å². The van der Waals surface area contributed by atoms with Crippen molar-refractivity contribution in [2.24, 2.45) is 5.10 Å². The van der Waals surface area contributed by atoms with Gasteiger partial charge in [-0.25, -0.2) is 9.82 Å². The molecule has 4 aromatic rings. The number of hydrazone groups is 1. The molecule has 0 aliphatic carbocycles. The van der Waals surface area contributed by atoms with Gasteiger partial charge in [0.1, 0.15) is 11.6 Å². The number of halogens is 3. The third-order valence-corrected chi connectivity index (χ3v) is 6.12. The van der Waals surface area contributed by atoms with E-state index in [0.717, 1.165) is 21.9 Å². The SMILES string of the molecule is O=C(Cc1ccc(/C=N/NC(=O)c2ccc(O)c(Cl)c2)c2ccccc12)NCc1ccc(F)cc1Cl. The van der Waals surface area contributed by atoms with Crippen molar-refractivity contribution in [2.75, 3.05) is 0 Å². The molecule has 0 radical (unpaired) electrons. The van der Waals surface area contributed by atoms with Gasteiger partial charge in [0.05, 0.1) is 17.7 Å². The molecule has 182 valence electrons. The zero-order valence-electron chi connectivity index (χ0n) is 18.8. The quantitative estimate of drug-likeness (QED) is 0.217. The number of rotatable bonds is 7. The first kappa shape index (κ1) is 25.2. The highest BCUT2D eigenvalue weighted by molar-refractivity contribution is 6.32. The van der Waals surface area contributed by atoms with Crippen LogP contribution in [0.25, 0.3) is 10.8 Å². The molecule has 4 rings (SSSR count). The number of fused-ring (bicyclic) bond motifs is 1. The summed E-state index contributed by atoms with van der Waals surface area (Å²) in [6.07, 6.45) is 1.65. The molecule has 0 heterocycles. The number of benzene rings is 4. The monoisotopic (exact) mass is 523 g/mol. The summed E-state index contributed by atoms with van der Waals surface area (Å²) in [5.41, 5.74) is 4.88. The molecule has 0 spiro atoms. The number of hydrogen-bond donors (Lipinski definition) is 3. The summed E-state index contributed by atoms with van der Waals surface area (Å²) < 4.78 is 13.2. The molecule has 0 saturated carbocycles. The molecule has 2 amide bonds. The highest BCUT2D eigenvalue weighted by atomic mass is 35.5. The van der Waals surface area contributed by atoms with E-state index in [1.54, 1.807) is 0 Å². The van der Waals surface area contributed by atoms with Gasteiger partial charge >= 0.3 is 0 Å². The number of nitrogens with one attached hydrogen (secondary N) is 2. The van der Waals surface area contributed by atoms with Crippen molar-refractivity contribution in [3.63, 3.8) is 0 Å². The lowest BCUT2D eigenvalue weighted by atomic mass is 9.98. The Kier molecular flexibility index (Phi) is 7.83. The van der Waals surface area contributed by atoms with E-state index in [4.69, 9.17) is 23.2 Å². The summed E-state index contributed by atoms with van der Waals surface area (Å²) >= 11 is 11.9. The highest BCUT2D eigenvalue weighted by Gasteiger charge is 2.11.